The molecule has 0 spiro atoms. The largest absolute Gasteiger partial charge is 0.454 e. The Bertz CT molecular complexity index is 11800. The fraction of sp³-hybridized carbons (Fsp3) is 0. The van der Waals surface area contributed by atoms with Crippen molar-refractivity contribution in [3.05, 3.63) is 504 Å². The van der Waals surface area contributed by atoms with E-state index in [1.165, 1.54) is 222 Å². The zero-order valence-electron chi connectivity index (χ0n) is 80.0. The lowest BCUT2D eigenvalue weighted by atomic mass is 9.89. The number of aromatic nitrogens is 3. The minimum Gasteiger partial charge on any atom is -0.454 e. The Balaban J connectivity index is 0.0000000985. The molecule has 0 saturated heterocycles. The van der Waals surface area contributed by atoms with E-state index in [0.29, 0.717) is 0 Å². The van der Waals surface area contributed by atoms with Crippen LogP contribution in [0.25, 0.3) is 322 Å². The summed E-state index contributed by atoms with van der Waals surface area (Å²) in [6, 6.07) is 183. The van der Waals surface area contributed by atoms with Crippen LogP contribution in [0.3, 0.4) is 0 Å². The van der Waals surface area contributed by atoms with Gasteiger partial charge in [0, 0.05) is 114 Å². The average Bonchev–Trinajstić information content (AvgIpc) is 1.52. The highest BCUT2D eigenvalue weighted by Gasteiger charge is 2.32. The van der Waals surface area contributed by atoms with Crippen LogP contribution in [0.15, 0.2) is 517 Å². The van der Waals surface area contributed by atoms with Gasteiger partial charge in [-0.25, -0.2) is 0 Å². The third-order valence-electron chi connectivity index (χ3n) is 32.0. The van der Waals surface area contributed by atoms with Gasteiger partial charge in [-0.3, -0.25) is 0 Å². The lowest BCUT2D eigenvalue weighted by Gasteiger charge is -2.15. The standard InChI is InChI=1S/C50H29NO.2C46H27NO/c1-2-15-35-30(12-1)24-25-31-26-27-33(29-42(31)35)32-13-11-14-34(28-32)51-43-22-9-7-20-40(43)47-45-38-18-5-3-16-36(38)37-17-4-6-19-39(37)46(45)48-41-21-8-10-23-44(41)52-50(48)49(47)51;1-2-14-31-28(12-1)13-11-21-32(31)29-24-26-30(27-25-29)47-39-22-9-7-19-37(39)43-41-35-17-5-3-15-33(35)34-16-4-6-18-36(34)42(41)44-38-20-8-10-23-40(38)48-46(44)45(43)47;1-2-12-30-27-31(22-21-28(30)11-1)29-23-25-32(26-24-29)47-39-19-9-7-17-37(39)43-41-35-15-5-3-13-33(35)34-14-4-6-16-36(34)42(41)44-38-18-8-10-20-40(38)48-46(44)45(43)47/h1-29H;2*1-27H. The van der Waals surface area contributed by atoms with Gasteiger partial charge in [0.1, 0.15) is 16.7 Å². The SMILES string of the molecule is c1cc(-c2ccc3ccc4ccccc4c3c2)cc(-n2c3ccccc3c3c4c5ccccc5c5ccccc5c4c4c5ccccc5oc4c32)c1.c1ccc2c(-c3ccc(-n4c5ccccc5c5c6c7ccccc7c7ccccc7c6c6c7ccccc7oc6c54)cc3)cccc2c1.c1ccc2cc(-c3ccc(-n4c5ccccc5c5c6c7ccccc7c7ccccc7c6c6c7ccccc7oc6c54)cc3)ccc2c1. The highest BCUT2D eigenvalue weighted by Crippen LogP contribution is 2.56. The molecule has 0 radical (unpaired) electrons. The predicted octanol–water partition coefficient (Wildman–Crippen LogP) is 40.0. The zero-order chi connectivity index (χ0) is 96.6. The molecule has 6 heteroatoms. The molecule has 6 heterocycles. The number of nitrogens with zero attached hydrogens (tertiary/aromatic N) is 3. The molecule has 0 bridgehead atoms. The summed E-state index contributed by atoms with van der Waals surface area (Å²) in [5.74, 6) is 0. The van der Waals surface area contributed by atoms with Gasteiger partial charge < -0.3 is 27.0 Å². The number of furan rings is 3. The fourth-order valence-electron chi connectivity index (χ4n) is 25.7. The Morgan fingerprint density at radius 2 is 0.399 bits per heavy atom. The quantitative estimate of drug-likeness (QED) is 0.156. The van der Waals surface area contributed by atoms with Gasteiger partial charge in [0.15, 0.2) is 16.7 Å². The van der Waals surface area contributed by atoms with Crippen molar-refractivity contribution >= 4 is 271 Å². The second kappa shape index (κ2) is 31.9. The average molecular weight is 1880 g/mol. The minimum atomic E-state index is 0.900. The van der Waals surface area contributed by atoms with E-state index >= 15 is 0 Å². The maximum Gasteiger partial charge on any atom is 0.160 e. The van der Waals surface area contributed by atoms with Crippen LogP contribution in [-0.4, -0.2) is 13.7 Å². The molecule has 0 fully saturated rings. The van der Waals surface area contributed by atoms with Crippen LogP contribution in [0.1, 0.15) is 0 Å². The van der Waals surface area contributed by atoms with Crippen molar-refractivity contribution in [2.75, 3.05) is 0 Å². The smallest absolute Gasteiger partial charge is 0.160 e. The first kappa shape index (κ1) is 82.0. The van der Waals surface area contributed by atoms with E-state index in [9.17, 15) is 0 Å². The summed E-state index contributed by atoms with van der Waals surface area (Å²) in [5.41, 5.74) is 22.8. The van der Waals surface area contributed by atoms with Crippen LogP contribution in [0, 0.1) is 0 Å². The summed E-state index contributed by atoms with van der Waals surface area (Å²) in [6.45, 7) is 0. The molecule has 0 aliphatic carbocycles. The zero-order valence-corrected chi connectivity index (χ0v) is 80.0. The van der Waals surface area contributed by atoms with Crippen LogP contribution >= 0.6 is 0 Å². The van der Waals surface area contributed by atoms with Crippen molar-refractivity contribution in [1.29, 1.82) is 0 Å². The predicted molar refractivity (Wildman–Crippen MR) is 628 cm³/mol. The number of benzene rings is 28. The Kier molecular flexibility index (Phi) is 17.7. The lowest BCUT2D eigenvalue weighted by Crippen LogP contribution is -1.95. The molecule has 6 nitrogen and oxygen atoms in total. The molecule has 34 rings (SSSR count). The van der Waals surface area contributed by atoms with Crippen LogP contribution < -0.4 is 0 Å². The first-order chi connectivity index (χ1) is 73.5. The number of fused-ring (bicyclic) bond motifs is 50. The summed E-state index contributed by atoms with van der Waals surface area (Å²) in [5, 5.41) is 47.1. The van der Waals surface area contributed by atoms with Gasteiger partial charge >= 0.3 is 0 Å². The molecular weight excluding hydrogens is 1800 g/mol. The number of rotatable bonds is 6. The first-order valence-corrected chi connectivity index (χ1v) is 51.0. The fourth-order valence-corrected chi connectivity index (χ4v) is 25.7. The number of hydrogen-bond donors (Lipinski definition) is 0. The summed E-state index contributed by atoms with van der Waals surface area (Å²) in [4.78, 5) is 0. The van der Waals surface area contributed by atoms with Gasteiger partial charge in [-0.1, -0.05) is 419 Å². The number of hydrogen-bond acceptors (Lipinski definition) is 3. The number of para-hydroxylation sites is 6. The van der Waals surface area contributed by atoms with E-state index in [2.05, 4.69) is 517 Å². The molecule has 34 aromatic rings. The van der Waals surface area contributed by atoms with Crippen molar-refractivity contribution in [3.8, 4) is 50.4 Å². The minimum absolute atomic E-state index is 0.900. The molecule has 28 aromatic carbocycles. The Morgan fingerprint density at radius 3 is 0.818 bits per heavy atom. The van der Waals surface area contributed by atoms with E-state index in [0.717, 1.165) is 99.8 Å². The Labute approximate surface area is 846 Å². The molecule has 0 aliphatic heterocycles. The molecule has 0 unspecified atom stereocenters. The van der Waals surface area contributed by atoms with Gasteiger partial charge in [0.25, 0.3) is 0 Å². The third kappa shape index (κ3) is 11.9. The van der Waals surface area contributed by atoms with Gasteiger partial charge in [-0.15, -0.1) is 0 Å². The molecule has 684 valence electrons. The van der Waals surface area contributed by atoms with E-state index in [4.69, 9.17) is 13.3 Å². The van der Waals surface area contributed by atoms with E-state index in [-0.39, 0.29) is 0 Å². The van der Waals surface area contributed by atoms with Crippen molar-refractivity contribution in [2.45, 2.75) is 0 Å². The summed E-state index contributed by atoms with van der Waals surface area (Å²) in [6.07, 6.45) is 0. The molecular formula is C142H83N3O3. The van der Waals surface area contributed by atoms with Gasteiger partial charge in [0.05, 0.1) is 33.1 Å². The third-order valence-corrected chi connectivity index (χ3v) is 32.0. The summed E-state index contributed by atoms with van der Waals surface area (Å²) < 4.78 is 28.2. The van der Waals surface area contributed by atoms with E-state index in [1.807, 2.05) is 0 Å². The highest BCUT2D eigenvalue weighted by molar-refractivity contribution is 6.49. The molecule has 0 N–H and O–H groups in total. The summed E-state index contributed by atoms with van der Waals surface area (Å²) >= 11 is 0. The second-order valence-corrected chi connectivity index (χ2v) is 39.6. The monoisotopic (exact) mass is 1880 g/mol. The van der Waals surface area contributed by atoms with Crippen molar-refractivity contribution < 1.29 is 13.3 Å². The van der Waals surface area contributed by atoms with Crippen molar-refractivity contribution in [1.82, 2.24) is 13.7 Å². The van der Waals surface area contributed by atoms with Crippen LogP contribution in [0.5, 0.6) is 0 Å². The maximum absolute atomic E-state index is 7.01. The highest BCUT2D eigenvalue weighted by atomic mass is 16.3. The topological polar surface area (TPSA) is 54.2 Å². The maximum atomic E-state index is 7.01. The molecule has 0 saturated carbocycles. The first-order valence-electron chi connectivity index (χ1n) is 51.0. The summed E-state index contributed by atoms with van der Waals surface area (Å²) in [7, 11) is 0. The molecule has 6 aromatic heterocycles. The van der Waals surface area contributed by atoms with Crippen molar-refractivity contribution in [3.63, 3.8) is 0 Å². The van der Waals surface area contributed by atoms with Crippen LogP contribution in [0.2, 0.25) is 0 Å². The van der Waals surface area contributed by atoms with Crippen LogP contribution in [0.4, 0.5) is 0 Å². The van der Waals surface area contributed by atoms with Crippen LogP contribution in [-0.2, 0) is 0 Å². The van der Waals surface area contributed by atoms with E-state index < -0.39 is 0 Å². The lowest BCUT2D eigenvalue weighted by molar-refractivity contribution is 0.671. The van der Waals surface area contributed by atoms with Gasteiger partial charge in [0.2, 0.25) is 0 Å². The Morgan fingerprint density at radius 1 is 0.128 bits per heavy atom. The molecule has 148 heavy (non-hydrogen) atoms. The molecule has 0 amide bonds. The van der Waals surface area contributed by atoms with Crippen molar-refractivity contribution in [2.24, 2.45) is 0 Å². The van der Waals surface area contributed by atoms with E-state index in [1.54, 1.807) is 0 Å². The normalized spacial score (nSPS) is 12.2. The Hall–Kier alpha value is -19.7. The van der Waals surface area contributed by atoms with Gasteiger partial charge in [-0.2, -0.15) is 0 Å². The molecule has 0 aliphatic rings. The van der Waals surface area contributed by atoms with Gasteiger partial charge in [-0.05, 0) is 226 Å². The molecule has 0 atom stereocenters. The second-order valence-electron chi connectivity index (χ2n) is 39.6.